The Bertz CT molecular complexity index is 1140. The van der Waals surface area contributed by atoms with E-state index < -0.39 is 10.0 Å². The summed E-state index contributed by atoms with van der Waals surface area (Å²) in [5.41, 5.74) is 3.54. The number of aromatic nitrogens is 2. The summed E-state index contributed by atoms with van der Waals surface area (Å²) < 4.78 is 40.4. The average Bonchev–Trinajstić information content (AvgIpc) is 3.02. The zero-order chi connectivity index (χ0) is 20.6. The monoisotopic (exact) mass is 413 g/mol. The zero-order valence-electron chi connectivity index (χ0n) is 16.6. The minimum absolute atomic E-state index is 0.176. The summed E-state index contributed by atoms with van der Waals surface area (Å²) >= 11 is 0. The molecule has 7 nitrogen and oxygen atoms in total. The zero-order valence-corrected chi connectivity index (χ0v) is 17.4. The Hall–Kier alpha value is -2.84. The van der Waals surface area contributed by atoms with Crippen LogP contribution in [-0.4, -0.2) is 42.8 Å². The molecule has 3 aromatic rings. The van der Waals surface area contributed by atoms with Gasteiger partial charge >= 0.3 is 0 Å². The number of ether oxygens (including phenoxy) is 2. The highest BCUT2D eigenvalue weighted by molar-refractivity contribution is 7.89. The minimum Gasteiger partial charge on any atom is -0.486 e. The summed E-state index contributed by atoms with van der Waals surface area (Å²) in [5, 5.41) is 4.60. The summed E-state index contributed by atoms with van der Waals surface area (Å²) in [4.78, 5) is 0.176. The van der Waals surface area contributed by atoms with Gasteiger partial charge < -0.3 is 9.47 Å². The van der Waals surface area contributed by atoms with E-state index in [1.165, 1.54) is 10.4 Å². The molecule has 0 unspecified atom stereocenters. The van der Waals surface area contributed by atoms with Crippen molar-refractivity contribution in [3.8, 4) is 17.2 Å². The largest absolute Gasteiger partial charge is 0.486 e. The third-order valence-corrected chi connectivity index (χ3v) is 6.84. The first-order valence-electron chi connectivity index (χ1n) is 9.34. The second kappa shape index (κ2) is 7.53. The molecule has 1 aliphatic heterocycles. The van der Waals surface area contributed by atoms with E-state index in [2.05, 4.69) is 5.10 Å². The van der Waals surface area contributed by atoms with Crippen LogP contribution in [0.4, 0.5) is 0 Å². The Morgan fingerprint density at radius 3 is 2.45 bits per heavy atom. The van der Waals surface area contributed by atoms with Crippen molar-refractivity contribution in [1.82, 2.24) is 14.1 Å². The Morgan fingerprint density at radius 1 is 1.03 bits per heavy atom. The van der Waals surface area contributed by atoms with Gasteiger partial charge in [0.25, 0.3) is 0 Å². The molecule has 0 atom stereocenters. The van der Waals surface area contributed by atoms with Crippen molar-refractivity contribution in [3.05, 3.63) is 65.5 Å². The summed E-state index contributed by atoms with van der Waals surface area (Å²) in [6.45, 7) is 4.94. The van der Waals surface area contributed by atoms with E-state index in [4.69, 9.17) is 9.47 Å². The minimum atomic E-state index is -3.70. The third kappa shape index (κ3) is 3.61. The van der Waals surface area contributed by atoms with E-state index in [-0.39, 0.29) is 11.4 Å². The molecule has 0 saturated heterocycles. The number of benzene rings is 2. The van der Waals surface area contributed by atoms with E-state index in [0.29, 0.717) is 24.7 Å². The Balaban J connectivity index is 1.62. The number of aryl methyl sites for hydroxylation is 1. The summed E-state index contributed by atoms with van der Waals surface area (Å²) in [5.74, 6) is 1.02. The molecular formula is C21H23N3O4S. The van der Waals surface area contributed by atoms with Crippen LogP contribution in [0, 0.1) is 13.8 Å². The highest BCUT2D eigenvalue weighted by Crippen LogP contribution is 2.33. The first-order chi connectivity index (χ1) is 13.9. The van der Waals surface area contributed by atoms with Gasteiger partial charge in [0.15, 0.2) is 11.5 Å². The molecule has 0 spiro atoms. The molecule has 0 aliphatic carbocycles. The Labute approximate surface area is 170 Å². The molecular weight excluding hydrogens is 390 g/mol. The molecule has 1 aromatic heterocycles. The molecule has 29 heavy (non-hydrogen) atoms. The lowest BCUT2D eigenvalue weighted by Gasteiger charge is -2.21. The number of fused-ring (bicyclic) bond motifs is 1. The van der Waals surface area contributed by atoms with Crippen molar-refractivity contribution in [2.24, 2.45) is 0 Å². The topological polar surface area (TPSA) is 73.7 Å². The quantitative estimate of drug-likeness (QED) is 0.643. The van der Waals surface area contributed by atoms with Gasteiger partial charge in [-0.3, -0.25) is 0 Å². The molecule has 4 rings (SSSR count). The van der Waals surface area contributed by atoms with Gasteiger partial charge in [0.2, 0.25) is 10.0 Å². The van der Waals surface area contributed by atoms with E-state index in [1.54, 1.807) is 19.2 Å². The normalized spacial score (nSPS) is 13.7. The molecule has 0 amide bonds. The molecule has 8 heteroatoms. The molecule has 2 heterocycles. The van der Waals surface area contributed by atoms with Gasteiger partial charge in [-0.2, -0.15) is 9.40 Å². The van der Waals surface area contributed by atoms with Gasteiger partial charge in [-0.25, -0.2) is 13.1 Å². The van der Waals surface area contributed by atoms with Gasteiger partial charge in [-0.1, -0.05) is 18.2 Å². The van der Waals surface area contributed by atoms with Crippen LogP contribution < -0.4 is 9.47 Å². The maximum atomic E-state index is 13.1. The number of sulfonamides is 1. The van der Waals surface area contributed by atoms with Crippen LogP contribution in [0.25, 0.3) is 5.69 Å². The fraction of sp³-hybridized carbons (Fsp3) is 0.286. The molecule has 2 aromatic carbocycles. The summed E-state index contributed by atoms with van der Waals surface area (Å²) in [7, 11) is -2.12. The molecule has 0 N–H and O–H groups in total. The molecule has 152 valence electrons. The maximum absolute atomic E-state index is 13.1. The van der Waals surface area contributed by atoms with Crippen LogP contribution in [0.3, 0.4) is 0 Å². The fourth-order valence-electron chi connectivity index (χ4n) is 3.40. The van der Waals surface area contributed by atoms with Crippen molar-refractivity contribution in [3.63, 3.8) is 0 Å². The summed E-state index contributed by atoms with van der Waals surface area (Å²) in [6.07, 6.45) is 0. The van der Waals surface area contributed by atoms with Gasteiger partial charge in [-0.15, -0.1) is 0 Å². The highest BCUT2D eigenvalue weighted by atomic mass is 32.2. The van der Waals surface area contributed by atoms with E-state index >= 15 is 0 Å². The number of nitrogens with zero attached hydrogens (tertiary/aromatic N) is 3. The van der Waals surface area contributed by atoms with E-state index in [1.807, 2.05) is 48.9 Å². The Kier molecular flexibility index (Phi) is 5.06. The van der Waals surface area contributed by atoms with Crippen LogP contribution in [-0.2, 0) is 16.6 Å². The molecule has 1 aliphatic rings. The lowest BCUT2D eigenvalue weighted by molar-refractivity contribution is 0.171. The molecule has 0 bridgehead atoms. The molecule has 0 radical (unpaired) electrons. The van der Waals surface area contributed by atoms with E-state index in [0.717, 1.165) is 22.6 Å². The standard InChI is InChI=1S/C21H23N3O4S/c1-15-19(16(2)24(22-15)17-7-5-4-6-8-17)14-23(3)29(25,26)18-9-10-20-21(13-18)28-12-11-27-20/h4-10,13H,11-12,14H2,1-3H3. The number of para-hydroxylation sites is 1. The maximum Gasteiger partial charge on any atom is 0.243 e. The van der Waals surface area contributed by atoms with Crippen molar-refractivity contribution in [1.29, 1.82) is 0 Å². The molecule has 0 saturated carbocycles. The van der Waals surface area contributed by atoms with Gasteiger partial charge in [0.1, 0.15) is 13.2 Å². The Morgan fingerprint density at radius 2 is 1.72 bits per heavy atom. The van der Waals surface area contributed by atoms with Crippen LogP contribution in [0.5, 0.6) is 11.5 Å². The second-order valence-electron chi connectivity index (χ2n) is 6.96. The van der Waals surface area contributed by atoms with E-state index in [9.17, 15) is 8.42 Å². The van der Waals surface area contributed by atoms with Crippen LogP contribution in [0.1, 0.15) is 17.0 Å². The average molecular weight is 413 g/mol. The fourth-order valence-corrected chi connectivity index (χ4v) is 4.55. The van der Waals surface area contributed by atoms with Crippen molar-refractivity contribution in [2.75, 3.05) is 20.3 Å². The lowest BCUT2D eigenvalue weighted by atomic mass is 10.2. The SMILES string of the molecule is Cc1nn(-c2ccccc2)c(C)c1CN(C)S(=O)(=O)c1ccc2c(c1)OCCO2. The third-order valence-electron chi connectivity index (χ3n) is 5.04. The van der Waals surface area contributed by atoms with Gasteiger partial charge in [0.05, 0.1) is 16.3 Å². The number of hydrogen-bond acceptors (Lipinski definition) is 5. The van der Waals surface area contributed by atoms with Crippen molar-refractivity contribution >= 4 is 10.0 Å². The first kappa shape index (κ1) is 19.5. The van der Waals surface area contributed by atoms with Crippen LogP contribution >= 0.6 is 0 Å². The highest BCUT2D eigenvalue weighted by Gasteiger charge is 2.26. The van der Waals surface area contributed by atoms with Gasteiger partial charge in [0, 0.05) is 30.9 Å². The first-order valence-corrected chi connectivity index (χ1v) is 10.8. The van der Waals surface area contributed by atoms with Gasteiger partial charge in [-0.05, 0) is 38.1 Å². The van der Waals surface area contributed by atoms with Crippen molar-refractivity contribution in [2.45, 2.75) is 25.3 Å². The predicted octanol–water partition coefficient (Wildman–Crippen LogP) is 3.08. The van der Waals surface area contributed by atoms with Crippen LogP contribution in [0.15, 0.2) is 53.4 Å². The molecule has 0 fully saturated rings. The van der Waals surface area contributed by atoms with Crippen molar-refractivity contribution < 1.29 is 17.9 Å². The summed E-state index contributed by atoms with van der Waals surface area (Å²) in [6, 6.07) is 14.5. The number of rotatable bonds is 5. The lowest BCUT2D eigenvalue weighted by Crippen LogP contribution is -2.27. The number of hydrogen-bond donors (Lipinski definition) is 0. The second-order valence-corrected chi connectivity index (χ2v) is 9.01. The predicted molar refractivity (Wildman–Crippen MR) is 109 cm³/mol. The van der Waals surface area contributed by atoms with Crippen LogP contribution in [0.2, 0.25) is 0 Å². The smallest absolute Gasteiger partial charge is 0.243 e.